The van der Waals surface area contributed by atoms with Gasteiger partial charge in [0.25, 0.3) is 0 Å². The van der Waals surface area contributed by atoms with Crippen molar-refractivity contribution in [2.75, 3.05) is 5.73 Å². The zero-order valence-electron chi connectivity index (χ0n) is 5.64. The maximum absolute atomic E-state index is 8.61. The Morgan fingerprint density at radius 2 is 2.00 bits per heavy atom. The zero-order valence-corrected chi connectivity index (χ0v) is 6.45. The van der Waals surface area contributed by atoms with Gasteiger partial charge >= 0.3 is 7.12 Å². The van der Waals surface area contributed by atoms with Crippen LogP contribution in [-0.4, -0.2) is 22.2 Å². The minimum absolute atomic E-state index is 0. The monoisotopic (exact) mass is 174 g/mol. The van der Waals surface area contributed by atoms with E-state index in [1.54, 1.807) is 0 Å². The average Bonchev–Trinajstić information content (AvgIpc) is 1.88. The molecule has 1 rings (SSSR count). The SMILES string of the molecule is Cl.Nc1cncc(B(O)O)c1. The van der Waals surface area contributed by atoms with Crippen molar-refractivity contribution in [1.29, 1.82) is 0 Å². The fraction of sp³-hybridized carbons (Fsp3) is 0. The molecule has 4 nitrogen and oxygen atoms in total. The molecule has 4 N–H and O–H groups in total. The molecular weight excluding hydrogens is 166 g/mol. The summed E-state index contributed by atoms with van der Waals surface area (Å²) < 4.78 is 0. The van der Waals surface area contributed by atoms with Crippen LogP contribution >= 0.6 is 12.4 Å². The highest BCUT2D eigenvalue weighted by molar-refractivity contribution is 6.58. The van der Waals surface area contributed by atoms with Crippen molar-refractivity contribution < 1.29 is 10.0 Å². The van der Waals surface area contributed by atoms with Crippen molar-refractivity contribution >= 4 is 30.7 Å². The quantitative estimate of drug-likeness (QED) is 0.466. The number of aromatic nitrogens is 1. The van der Waals surface area contributed by atoms with Crippen molar-refractivity contribution in [2.45, 2.75) is 0 Å². The molecule has 0 aliphatic heterocycles. The van der Waals surface area contributed by atoms with Crippen LogP contribution in [-0.2, 0) is 0 Å². The molecule has 0 saturated heterocycles. The molecule has 1 heterocycles. The van der Waals surface area contributed by atoms with Crippen LogP contribution < -0.4 is 11.2 Å². The van der Waals surface area contributed by atoms with Crippen LogP contribution in [0.5, 0.6) is 0 Å². The van der Waals surface area contributed by atoms with Gasteiger partial charge in [0.05, 0.1) is 0 Å². The summed E-state index contributed by atoms with van der Waals surface area (Å²) in [6.45, 7) is 0. The van der Waals surface area contributed by atoms with E-state index in [0.29, 0.717) is 11.2 Å². The first-order valence-electron chi connectivity index (χ1n) is 2.76. The Morgan fingerprint density at radius 3 is 2.36 bits per heavy atom. The first-order chi connectivity index (χ1) is 4.70. The van der Waals surface area contributed by atoms with Crippen molar-refractivity contribution in [1.82, 2.24) is 4.98 Å². The van der Waals surface area contributed by atoms with Gasteiger partial charge in [0.1, 0.15) is 0 Å². The van der Waals surface area contributed by atoms with Crippen molar-refractivity contribution in [3.63, 3.8) is 0 Å². The molecule has 0 fully saturated rings. The van der Waals surface area contributed by atoms with E-state index in [-0.39, 0.29) is 12.4 Å². The van der Waals surface area contributed by atoms with Gasteiger partial charge in [-0.15, -0.1) is 12.4 Å². The van der Waals surface area contributed by atoms with E-state index in [1.807, 2.05) is 0 Å². The van der Waals surface area contributed by atoms with Crippen LogP contribution in [0, 0.1) is 0 Å². The summed E-state index contributed by atoms with van der Waals surface area (Å²) in [5.74, 6) is 0. The highest BCUT2D eigenvalue weighted by atomic mass is 35.5. The topological polar surface area (TPSA) is 79.4 Å². The van der Waals surface area contributed by atoms with E-state index >= 15 is 0 Å². The number of hydrogen-bond acceptors (Lipinski definition) is 4. The molecule has 0 amide bonds. The molecule has 1 aromatic rings. The molecule has 0 bridgehead atoms. The lowest BCUT2D eigenvalue weighted by Crippen LogP contribution is -2.30. The Balaban J connectivity index is 0.000001000. The fourth-order valence-electron chi connectivity index (χ4n) is 0.618. The number of anilines is 1. The predicted octanol–water partition coefficient (Wildman–Crippen LogP) is -1.23. The maximum atomic E-state index is 8.61. The van der Waals surface area contributed by atoms with Crippen LogP contribution in [0.25, 0.3) is 0 Å². The second-order valence-electron chi connectivity index (χ2n) is 1.93. The highest BCUT2D eigenvalue weighted by Crippen LogP contribution is 1.92. The Kier molecular flexibility index (Phi) is 3.88. The van der Waals surface area contributed by atoms with Crippen LogP contribution in [0.1, 0.15) is 0 Å². The van der Waals surface area contributed by atoms with Crippen molar-refractivity contribution in [3.05, 3.63) is 18.5 Å². The summed E-state index contributed by atoms with van der Waals surface area (Å²) in [4.78, 5) is 3.66. The summed E-state index contributed by atoms with van der Waals surface area (Å²) in [5, 5.41) is 17.2. The second-order valence-corrected chi connectivity index (χ2v) is 1.93. The van der Waals surface area contributed by atoms with E-state index in [4.69, 9.17) is 15.8 Å². The van der Waals surface area contributed by atoms with Crippen LogP contribution in [0.4, 0.5) is 5.69 Å². The molecule has 6 heteroatoms. The average molecular weight is 174 g/mol. The Bertz CT molecular complexity index is 233. The first kappa shape index (κ1) is 10.2. The molecule has 0 aliphatic carbocycles. The van der Waals surface area contributed by atoms with E-state index in [0.717, 1.165) is 0 Å². The fourth-order valence-corrected chi connectivity index (χ4v) is 0.618. The van der Waals surface area contributed by atoms with E-state index in [1.165, 1.54) is 18.5 Å². The van der Waals surface area contributed by atoms with E-state index in [2.05, 4.69) is 4.98 Å². The summed E-state index contributed by atoms with van der Waals surface area (Å²) in [7, 11) is -1.49. The van der Waals surface area contributed by atoms with Gasteiger partial charge in [-0.1, -0.05) is 0 Å². The third-order valence-electron chi connectivity index (χ3n) is 1.08. The normalized spacial score (nSPS) is 8.55. The van der Waals surface area contributed by atoms with Crippen LogP contribution in [0.3, 0.4) is 0 Å². The lowest BCUT2D eigenvalue weighted by molar-refractivity contribution is 0.425. The molecule has 60 valence electrons. The second kappa shape index (κ2) is 4.18. The zero-order chi connectivity index (χ0) is 7.56. The number of nitrogens with zero attached hydrogens (tertiary/aromatic N) is 1. The van der Waals surface area contributed by atoms with Crippen molar-refractivity contribution in [2.24, 2.45) is 0 Å². The molecule has 0 unspecified atom stereocenters. The number of nitrogen functional groups attached to an aromatic ring is 1. The Labute approximate surface area is 70.6 Å². The summed E-state index contributed by atoms with van der Waals surface area (Å²) in [5.41, 5.74) is 6.04. The smallest absolute Gasteiger partial charge is 0.423 e. The molecule has 0 aliphatic rings. The largest absolute Gasteiger partial charge is 0.490 e. The minimum Gasteiger partial charge on any atom is -0.423 e. The molecule has 1 aromatic heterocycles. The third-order valence-corrected chi connectivity index (χ3v) is 1.08. The molecule has 0 atom stereocenters. The van der Waals surface area contributed by atoms with E-state index < -0.39 is 7.12 Å². The van der Waals surface area contributed by atoms with Gasteiger partial charge in [0, 0.05) is 23.5 Å². The lowest BCUT2D eigenvalue weighted by atomic mass is 9.81. The number of nitrogens with two attached hydrogens (primary N) is 1. The van der Waals surface area contributed by atoms with Crippen LogP contribution in [0.15, 0.2) is 18.5 Å². The van der Waals surface area contributed by atoms with Gasteiger partial charge in [-0.3, -0.25) is 4.98 Å². The molecule has 0 radical (unpaired) electrons. The maximum Gasteiger partial charge on any atom is 0.490 e. The minimum atomic E-state index is -1.49. The predicted molar refractivity (Wildman–Crippen MR) is 45.7 cm³/mol. The molecular formula is C5H8BClN2O2. The molecule has 0 spiro atoms. The number of rotatable bonds is 1. The summed E-state index contributed by atoms with van der Waals surface area (Å²) in [6, 6.07) is 1.46. The molecule has 0 aromatic carbocycles. The Morgan fingerprint density at radius 1 is 1.36 bits per heavy atom. The van der Waals surface area contributed by atoms with Crippen LogP contribution in [0.2, 0.25) is 0 Å². The lowest BCUT2D eigenvalue weighted by Gasteiger charge is -1.97. The van der Waals surface area contributed by atoms with Gasteiger partial charge in [-0.2, -0.15) is 0 Å². The van der Waals surface area contributed by atoms with Gasteiger partial charge < -0.3 is 15.8 Å². The van der Waals surface area contributed by atoms with E-state index in [9.17, 15) is 0 Å². The van der Waals surface area contributed by atoms with Gasteiger partial charge in [0.15, 0.2) is 0 Å². The standard InChI is InChI=1S/C5H7BN2O2.ClH/c7-5-1-4(6(9)10)2-8-3-5;/h1-3,9-10H,7H2;1H. The number of pyridine rings is 1. The first-order valence-corrected chi connectivity index (χ1v) is 2.76. The molecule has 0 saturated carbocycles. The van der Waals surface area contributed by atoms with Crippen molar-refractivity contribution in [3.8, 4) is 0 Å². The summed E-state index contributed by atoms with van der Waals surface area (Å²) in [6.07, 6.45) is 2.78. The van der Waals surface area contributed by atoms with Gasteiger partial charge in [-0.05, 0) is 6.07 Å². The summed E-state index contributed by atoms with van der Waals surface area (Å²) >= 11 is 0. The number of halogens is 1. The van der Waals surface area contributed by atoms with Gasteiger partial charge in [0.2, 0.25) is 0 Å². The Hall–Kier alpha value is -0.775. The number of hydrogen-bond donors (Lipinski definition) is 3. The van der Waals surface area contributed by atoms with Gasteiger partial charge in [-0.25, -0.2) is 0 Å². The molecule has 11 heavy (non-hydrogen) atoms. The highest BCUT2D eigenvalue weighted by Gasteiger charge is 2.10. The third kappa shape index (κ3) is 2.75.